The number of alkyl halides is 1. The lowest BCUT2D eigenvalue weighted by atomic mass is 10.1. The van der Waals surface area contributed by atoms with Crippen LogP contribution in [-0.4, -0.2) is 17.8 Å². The van der Waals surface area contributed by atoms with Crippen LogP contribution < -0.4 is 4.90 Å². The third kappa shape index (κ3) is 2.50. The van der Waals surface area contributed by atoms with E-state index in [9.17, 15) is 4.79 Å². The van der Waals surface area contributed by atoms with Crippen LogP contribution >= 0.6 is 27.5 Å². The number of hydrogen-bond donors (Lipinski definition) is 0. The van der Waals surface area contributed by atoms with Crippen LogP contribution in [-0.2, 0) is 4.79 Å². The maximum absolute atomic E-state index is 12.0. The predicted molar refractivity (Wildman–Crippen MR) is 75.2 cm³/mol. The average molecular weight is 317 g/mol. The third-order valence-electron chi connectivity index (χ3n) is 3.15. The number of carbonyl (C=O) groups is 1. The zero-order chi connectivity index (χ0) is 12.6. The van der Waals surface area contributed by atoms with Gasteiger partial charge in [0.05, 0.1) is 0 Å². The fraction of sp³-hybridized carbons (Fsp3) is 0.462. The van der Waals surface area contributed by atoms with Crippen LogP contribution in [0.5, 0.6) is 0 Å². The standard InChI is InChI=1S/C13H15BrClNO/c1-8-3-11(15)4-9(2)13(8)16-7-10(6-14)5-12(16)17/h3-4,10H,5-7H2,1-2H3. The van der Waals surface area contributed by atoms with Crippen LogP contribution in [0.1, 0.15) is 17.5 Å². The summed E-state index contributed by atoms with van der Waals surface area (Å²) >= 11 is 9.46. The van der Waals surface area contributed by atoms with Gasteiger partial charge in [-0.3, -0.25) is 4.79 Å². The Bertz CT molecular complexity index is 438. The van der Waals surface area contributed by atoms with Crippen molar-refractivity contribution < 1.29 is 4.79 Å². The van der Waals surface area contributed by atoms with E-state index in [1.807, 2.05) is 30.9 Å². The second-order valence-electron chi connectivity index (χ2n) is 4.62. The first-order valence-electron chi connectivity index (χ1n) is 5.66. The molecule has 1 aromatic rings. The van der Waals surface area contributed by atoms with Gasteiger partial charge in [0.1, 0.15) is 0 Å². The quantitative estimate of drug-likeness (QED) is 0.762. The minimum atomic E-state index is 0.211. The van der Waals surface area contributed by atoms with Crippen LogP contribution in [0, 0.1) is 19.8 Å². The van der Waals surface area contributed by atoms with Crippen molar-refractivity contribution in [3.8, 4) is 0 Å². The van der Waals surface area contributed by atoms with E-state index in [0.717, 1.165) is 33.7 Å². The topological polar surface area (TPSA) is 20.3 Å². The number of aryl methyl sites for hydroxylation is 2. The van der Waals surface area contributed by atoms with Crippen LogP contribution in [0.25, 0.3) is 0 Å². The summed E-state index contributed by atoms with van der Waals surface area (Å²) < 4.78 is 0. The highest BCUT2D eigenvalue weighted by atomic mass is 79.9. The maximum atomic E-state index is 12.0. The minimum Gasteiger partial charge on any atom is -0.312 e. The van der Waals surface area contributed by atoms with Crippen molar-refractivity contribution in [2.45, 2.75) is 20.3 Å². The van der Waals surface area contributed by atoms with Crippen molar-refractivity contribution in [3.05, 3.63) is 28.3 Å². The molecule has 0 N–H and O–H groups in total. The monoisotopic (exact) mass is 315 g/mol. The van der Waals surface area contributed by atoms with E-state index in [1.165, 1.54) is 0 Å². The highest BCUT2D eigenvalue weighted by Gasteiger charge is 2.31. The van der Waals surface area contributed by atoms with E-state index in [2.05, 4.69) is 15.9 Å². The Morgan fingerprint density at radius 2 is 2.00 bits per heavy atom. The molecule has 1 fully saturated rings. The van der Waals surface area contributed by atoms with Crippen LogP contribution in [0.2, 0.25) is 5.02 Å². The summed E-state index contributed by atoms with van der Waals surface area (Å²) in [7, 11) is 0. The number of carbonyl (C=O) groups excluding carboxylic acids is 1. The number of rotatable bonds is 2. The van der Waals surface area contributed by atoms with Crippen molar-refractivity contribution >= 4 is 39.1 Å². The van der Waals surface area contributed by atoms with Crippen molar-refractivity contribution in [1.29, 1.82) is 0 Å². The Hall–Kier alpha value is -0.540. The van der Waals surface area contributed by atoms with Gasteiger partial charge in [0, 0.05) is 29.0 Å². The molecule has 0 saturated carbocycles. The van der Waals surface area contributed by atoms with Crippen LogP contribution in [0.15, 0.2) is 12.1 Å². The fourth-order valence-corrected chi connectivity index (χ4v) is 3.19. The lowest BCUT2D eigenvalue weighted by Gasteiger charge is -2.21. The fourth-order valence-electron chi connectivity index (χ4n) is 2.43. The Labute approximate surface area is 115 Å². The minimum absolute atomic E-state index is 0.211. The lowest BCUT2D eigenvalue weighted by Crippen LogP contribution is -2.26. The number of nitrogens with zero attached hydrogens (tertiary/aromatic N) is 1. The molecule has 0 radical (unpaired) electrons. The van der Waals surface area contributed by atoms with Gasteiger partial charge in [-0.2, -0.15) is 0 Å². The van der Waals surface area contributed by atoms with Gasteiger partial charge in [0.25, 0.3) is 0 Å². The summed E-state index contributed by atoms with van der Waals surface area (Å²) in [5.74, 6) is 0.625. The van der Waals surface area contributed by atoms with E-state index < -0.39 is 0 Å². The Morgan fingerprint density at radius 1 is 1.41 bits per heavy atom. The summed E-state index contributed by atoms with van der Waals surface area (Å²) in [5, 5.41) is 1.61. The average Bonchev–Trinajstić information content (AvgIpc) is 2.59. The molecule has 4 heteroatoms. The molecule has 1 atom stereocenters. The van der Waals surface area contributed by atoms with Crippen LogP contribution in [0.4, 0.5) is 5.69 Å². The number of hydrogen-bond acceptors (Lipinski definition) is 1. The normalized spacial score (nSPS) is 20.1. The SMILES string of the molecule is Cc1cc(Cl)cc(C)c1N1CC(CBr)CC1=O. The molecule has 1 aromatic carbocycles. The van der Waals surface area contributed by atoms with Gasteiger partial charge in [0.15, 0.2) is 0 Å². The van der Waals surface area contributed by atoms with Gasteiger partial charge in [-0.05, 0) is 43.0 Å². The summed E-state index contributed by atoms with van der Waals surface area (Å²) in [4.78, 5) is 13.9. The van der Waals surface area contributed by atoms with Crippen molar-refractivity contribution in [2.24, 2.45) is 5.92 Å². The van der Waals surface area contributed by atoms with Crippen molar-refractivity contribution in [3.63, 3.8) is 0 Å². The zero-order valence-corrected chi connectivity index (χ0v) is 12.3. The van der Waals surface area contributed by atoms with Gasteiger partial charge in [0.2, 0.25) is 5.91 Å². The molecule has 1 saturated heterocycles. The molecule has 0 aliphatic carbocycles. The Kier molecular flexibility index (Phi) is 3.79. The molecule has 17 heavy (non-hydrogen) atoms. The number of anilines is 1. The van der Waals surface area contributed by atoms with E-state index in [0.29, 0.717) is 12.3 Å². The molecule has 0 bridgehead atoms. The largest absolute Gasteiger partial charge is 0.312 e. The Balaban J connectivity index is 2.38. The van der Waals surface area contributed by atoms with E-state index in [4.69, 9.17) is 11.6 Å². The molecule has 2 nitrogen and oxygen atoms in total. The number of benzene rings is 1. The molecule has 1 aliphatic heterocycles. The molecular weight excluding hydrogens is 302 g/mol. The van der Waals surface area contributed by atoms with E-state index >= 15 is 0 Å². The smallest absolute Gasteiger partial charge is 0.227 e. The molecule has 1 aliphatic rings. The highest BCUT2D eigenvalue weighted by Crippen LogP contribution is 2.33. The second kappa shape index (κ2) is 4.99. The molecule has 1 unspecified atom stereocenters. The van der Waals surface area contributed by atoms with E-state index in [1.54, 1.807) is 0 Å². The Morgan fingerprint density at radius 3 is 2.47 bits per heavy atom. The van der Waals surface area contributed by atoms with Crippen LogP contribution in [0.3, 0.4) is 0 Å². The third-order valence-corrected chi connectivity index (χ3v) is 4.28. The maximum Gasteiger partial charge on any atom is 0.227 e. The zero-order valence-electron chi connectivity index (χ0n) is 9.96. The highest BCUT2D eigenvalue weighted by molar-refractivity contribution is 9.09. The second-order valence-corrected chi connectivity index (χ2v) is 5.70. The molecule has 1 heterocycles. The van der Waals surface area contributed by atoms with E-state index in [-0.39, 0.29) is 5.91 Å². The van der Waals surface area contributed by atoms with Gasteiger partial charge in [-0.1, -0.05) is 27.5 Å². The molecule has 2 rings (SSSR count). The molecule has 92 valence electrons. The van der Waals surface area contributed by atoms with Gasteiger partial charge in [-0.25, -0.2) is 0 Å². The molecular formula is C13H15BrClNO. The first-order valence-corrected chi connectivity index (χ1v) is 7.16. The first-order chi connectivity index (χ1) is 8.02. The number of halogens is 2. The van der Waals surface area contributed by atoms with Crippen molar-refractivity contribution in [1.82, 2.24) is 0 Å². The predicted octanol–water partition coefficient (Wildman–Crippen LogP) is 3.70. The van der Waals surface area contributed by atoms with Gasteiger partial charge < -0.3 is 4.90 Å². The van der Waals surface area contributed by atoms with Gasteiger partial charge >= 0.3 is 0 Å². The van der Waals surface area contributed by atoms with Gasteiger partial charge in [-0.15, -0.1) is 0 Å². The van der Waals surface area contributed by atoms with Crippen molar-refractivity contribution in [2.75, 3.05) is 16.8 Å². The summed E-state index contributed by atoms with van der Waals surface area (Å²) in [6, 6.07) is 3.83. The summed E-state index contributed by atoms with van der Waals surface area (Å²) in [6.45, 7) is 4.80. The molecule has 0 aromatic heterocycles. The molecule has 0 spiro atoms. The summed E-state index contributed by atoms with van der Waals surface area (Å²) in [6.07, 6.45) is 0.632. The number of amides is 1. The summed E-state index contributed by atoms with van der Waals surface area (Å²) in [5.41, 5.74) is 3.17. The lowest BCUT2D eigenvalue weighted by molar-refractivity contribution is -0.117. The first kappa shape index (κ1) is 12.9. The molecule has 1 amide bonds.